The Morgan fingerprint density at radius 1 is 1.06 bits per heavy atom. The van der Waals surface area contributed by atoms with Crippen molar-refractivity contribution in [1.82, 2.24) is 0 Å². The van der Waals surface area contributed by atoms with Crippen molar-refractivity contribution in [2.75, 3.05) is 18.3 Å². The molecule has 1 atom stereocenters. The Balaban J connectivity index is 2.10. The fourth-order valence-corrected chi connectivity index (χ4v) is 2.04. The zero-order chi connectivity index (χ0) is 12.8. The van der Waals surface area contributed by atoms with Gasteiger partial charge in [-0.15, -0.1) is 11.6 Å². The molecule has 0 aromatic heterocycles. The Hall–Kier alpha value is -1.67. The zero-order valence-corrected chi connectivity index (χ0v) is 11.0. The van der Waals surface area contributed by atoms with Gasteiger partial charge in [0.25, 0.3) is 0 Å². The Labute approximate surface area is 113 Å². The highest BCUT2D eigenvalue weighted by atomic mass is 35.5. The van der Waals surface area contributed by atoms with E-state index in [1.807, 2.05) is 42.5 Å². The van der Waals surface area contributed by atoms with Gasteiger partial charge in [-0.2, -0.15) is 0 Å². The summed E-state index contributed by atoms with van der Waals surface area (Å²) in [5.41, 5.74) is 2.22. The maximum Gasteiger partial charge on any atom is 0.119 e. The van der Waals surface area contributed by atoms with E-state index in [4.69, 9.17) is 16.3 Å². The van der Waals surface area contributed by atoms with Crippen LogP contribution in [0.15, 0.2) is 54.6 Å². The van der Waals surface area contributed by atoms with Crippen molar-refractivity contribution in [1.29, 1.82) is 0 Å². The smallest absolute Gasteiger partial charge is 0.119 e. The number of methoxy groups -OCH3 is 1. The number of hydrogen-bond acceptors (Lipinski definition) is 2. The standard InChI is InChI=1S/C15H16ClNO/c1-18-14-9-7-13(8-10-14)17-15(11-16)12-5-3-2-4-6-12/h2-10,15,17H,11H2,1H3/t15-/m1/s1. The molecule has 94 valence electrons. The Morgan fingerprint density at radius 3 is 2.28 bits per heavy atom. The second-order valence-electron chi connectivity index (χ2n) is 3.99. The van der Waals surface area contributed by atoms with Crippen LogP contribution >= 0.6 is 11.6 Å². The second kappa shape index (κ2) is 6.31. The van der Waals surface area contributed by atoms with E-state index < -0.39 is 0 Å². The first kappa shape index (κ1) is 12.8. The molecule has 0 aliphatic heterocycles. The Bertz CT molecular complexity index is 470. The van der Waals surface area contributed by atoms with E-state index >= 15 is 0 Å². The minimum Gasteiger partial charge on any atom is -0.497 e. The molecule has 0 spiro atoms. The van der Waals surface area contributed by atoms with Crippen LogP contribution in [-0.4, -0.2) is 13.0 Å². The van der Waals surface area contributed by atoms with Crippen molar-refractivity contribution in [3.8, 4) is 5.75 Å². The van der Waals surface area contributed by atoms with Crippen LogP contribution in [0, 0.1) is 0 Å². The lowest BCUT2D eigenvalue weighted by atomic mass is 10.1. The number of ether oxygens (including phenoxy) is 1. The van der Waals surface area contributed by atoms with Gasteiger partial charge in [-0.1, -0.05) is 30.3 Å². The first-order valence-corrected chi connectivity index (χ1v) is 6.38. The van der Waals surface area contributed by atoms with Gasteiger partial charge >= 0.3 is 0 Å². The SMILES string of the molecule is COc1ccc(N[C@H](CCl)c2ccccc2)cc1. The van der Waals surface area contributed by atoms with Crippen molar-refractivity contribution in [2.24, 2.45) is 0 Å². The summed E-state index contributed by atoms with van der Waals surface area (Å²) in [4.78, 5) is 0. The van der Waals surface area contributed by atoms with Crippen LogP contribution in [0.3, 0.4) is 0 Å². The molecule has 0 saturated carbocycles. The maximum absolute atomic E-state index is 6.02. The lowest BCUT2D eigenvalue weighted by Crippen LogP contribution is -2.12. The topological polar surface area (TPSA) is 21.3 Å². The Kier molecular flexibility index (Phi) is 4.48. The number of rotatable bonds is 5. The quantitative estimate of drug-likeness (QED) is 0.819. The van der Waals surface area contributed by atoms with Crippen LogP contribution in [-0.2, 0) is 0 Å². The van der Waals surface area contributed by atoms with Gasteiger partial charge in [0.05, 0.1) is 13.2 Å². The van der Waals surface area contributed by atoms with Crippen LogP contribution in [0.4, 0.5) is 5.69 Å². The Morgan fingerprint density at radius 2 is 1.72 bits per heavy atom. The van der Waals surface area contributed by atoms with Gasteiger partial charge < -0.3 is 10.1 Å². The van der Waals surface area contributed by atoms with Crippen LogP contribution < -0.4 is 10.1 Å². The molecule has 2 rings (SSSR count). The van der Waals surface area contributed by atoms with Crippen LogP contribution in [0.5, 0.6) is 5.75 Å². The molecule has 1 N–H and O–H groups in total. The van der Waals surface area contributed by atoms with Gasteiger partial charge in [-0.3, -0.25) is 0 Å². The number of alkyl halides is 1. The van der Waals surface area contributed by atoms with Gasteiger partial charge in [0.2, 0.25) is 0 Å². The average Bonchev–Trinajstić information content (AvgIpc) is 2.46. The van der Waals surface area contributed by atoms with Crippen LogP contribution in [0.25, 0.3) is 0 Å². The van der Waals surface area contributed by atoms with Gasteiger partial charge in [0.1, 0.15) is 5.75 Å². The maximum atomic E-state index is 6.02. The molecule has 0 amide bonds. The summed E-state index contributed by atoms with van der Waals surface area (Å²) in [5, 5.41) is 3.41. The highest BCUT2D eigenvalue weighted by Crippen LogP contribution is 2.22. The summed E-state index contributed by atoms with van der Waals surface area (Å²) in [6, 6.07) is 18.1. The molecule has 0 aliphatic carbocycles. The molecule has 0 fully saturated rings. The first-order chi connectivity index (χ1) is 8.83. The normalized spacial score (nSPS) is 11.9. The third-order valence-electron chi connectivity index (χ3n) is 2.79. The summed E-state index contributed by atoms with van der Waals surface area (Å²) in [7, 11) is 1.66. The van der Waals surface area contributed by atoms with Crippen molar-refractivity contribution in [3.05, 3.63) is 60.2 Å². The minimum absolute atomic E-state index is 0.112. The average molecular weight is 262 g/mol. The van der Waals surface area contributed by atoms with E-state index in [0.717, 1.165) is 11.4 Å². The van der Waals surface area contributed by atoms with Crippen molar-refractivity contribution >= 4 is 17.3 Å². The fraction of sp³-hybridized carbons (Fsp3) is 0.200. The molecular weight excluding hydrogens is 246 g/mol. The first-order valence-electron chi connectivity index (χ1n) is 5.85. The highest BCUT2D eigenvalue weighted by molar-refractivity contribution is 6.18. The number of halogens is 1. The second-order valence-corrected chi connectivity index (χ2v) is 4.30. The highest BCUT2D eigenvalue weighted by Gasteiger charge is 2.09. The van der Waals surface area contributed by atoms with E-state index in [1.54, 1.807) is 7.11 Å². The number of benzene rings is 2. The van der Waals surface area contributed by atoms with Crippen LogP contribution in [0.1, 0.15) is 11.6 Å². The van der Waals surface area contributed by atoms with E-state index in [1.165, 1.54) is 5.56 Å². The summed E-state index contributed by atoms with van der Waals surface area (Å²) in [5.74, 6) is 1.37. The molecule has 0 aliphatic rings. The lowest BCUT2D eigenvalue weighted by Gasteiger charge is -2.18. The zero-order valence-electron chi connectivity index (χ0n) is 10.3. The summed E-state index contributed by atoms with van der Waals surface area (Å²) >= 11 is 6.02. The third-order valence-corrected chi connectivity index (χ3v) is 3.10. The summed E-state index contributed by atoms with van der Waals surface area (Å²) < 4.78 is 5.13. The van der Waals surface area contributed by atoms with E-state index in [-0.39, 0.29) is 6.04 Å². The molecule has 0 radical (unpaired) electrons. The summed E-state index contributed by atoms with van der Waals surface area (Å²) in [6.07, 6.45) is 0. The largest absolute Gasteiger partial charge is 0.497 e. The molecule has 0 saturated heterocycles. The van der Waals surface area contributed by atoms with Crippen molar-refractivity contribution < 1.29 is 4.74 Å². The molecule has 2 aromatic carbocycles. The number of nitrogens with one attached hydrogen (secondary N) is 1. The van der Waals surface area contributed by atoms with Crippen LogP contribution in [0.2, 0.25) is 0 Å². The molecule has 2 nitrogen and oxygen atoms in total. The molecular formula is C15H16ClNO. The van der Waals surface area contributed by atoms with Gasteiger partial charge in [0, 0.05) is 11.6 Å². The van der Waals surface area contributed by atoms with Gasteiger partial charge in [-0.25, -0.2) is 0 Å². The number of anilines is 1. The minimum atomic E-state index is 0.112. The molecule has 0 bridgehead atoms. The lowest BCUT2D eigenvalue weighted by molar-refractivity contribution is 0.415. The van der Waals surface area contributed by atoms with Crippen molar-refractivity contribution in [3.63, 3.8) is 0 Å². The number of hydrogen-bond donors (Lipinski definition) is 1. The third kappa shape index (κ3) is 3.17. The monoisotopic (exact) mass is 261 g/mol. The molecule has 2 aromatic rings. The molecule has 3 heteroatoms. The molecule has 18 heavy (non-hydrogen) atoms. The predicted molar refractivity (Wildman–Crippen MR) is 76.5 cm³/mol. The molecule has 0 unspecified atom stereocenters. The molecule has 0 heterocycles. The van der Waals surface area contributed by atoms with E-state index in [9.17, 15) is 0 Å². The van der Waals surface area contributed by atoms with E-state index in [2.05, 4.69) is 17.4 Å². The van der Waals surface area contributed by atoms with Gasteiger partial charge in [-0.05, 0) is 29.8 Å². The van der Waals surface area contributed by atoms with Gasteiger partial charge in [0.15, 0.2) is 0 Å². The fourth-order valence-electron chi connectivity index (χ4n) is 1.78. The van der Waals surface area contributed by atoms with E-state index in [0.29, 0.717) is 5.88 Å². The predicted octanol–water partition coefficient (Wildman–Crippen LogP) is 4.09. The summed E-state index contributed by atoms with van der Waals surface area (Å²) in [6.45, 7) is 0. The van der Waals surface area contributed by atoms with Crippen molar-refractivity contribution in [2.45, 2.75) is 6.04 Å².